The maximum Gasteiger partial charge on any atom is 0.0451 e. The van der Waals surface area contributed by atoms with Crippen LogP contribution in [0.3, 0.4) is 0 Å². The molecule has 0 amide bonds. The molecule has 0 bridgehead atoms. The second-order valence-electron chi connectivity index (χ2n) is 3.12. The van der Waals surface area contributed by atoms with Crippen molar-refractivity contribution in [2.24, 2.45) is 0 Å². The second kappa shape index (κ2) is 5.74. The van der Waals surface area contributed by atoms with Crippen LogP contribution in [0, 0.1) is 13.0 Å². The van der Waals surface area contributed by atoms with Gasteiger partial charge in [-0.05, 0) is 18.6 Å². The van der Waals surface area contributed by atoms with Crippen LogP contribution < -0.4 is 0 Å². The molecule has 0 unspecified atom stereocenters. The third kappa shape index (κ3) is 3.54. The fraction of sp³-hybridized carbons (Fsp3) is 0.0769. The zero-order valence-electron chi connectivity index (χ0n) is 8.22. The molecule has 1 nitrogen and oxygen atoms in total. The fourth-order valence-corrected chi connectivity index (χ4v) is 1.33. The minimum absolute atomic E-state index is 0. The number of pyridine rings is 1. The van der Waals surface area contributed by atoms with Crippen molar-refractivity contribution in [2.75, 3.05) is 0 Å². The van der Waals surface area contributed by atoms with Crippen molar-refractivity contribution < 1.29 is 18.6 Å². The Morgan fingerprint density at radius 3 is 2.67 bits per heavy atom. The van der Waals surface area contributed by atoms with Gasteiger partial charge in [-0.1, -0.05) is 6.07 Å². The van der Waals surface area contributed by atoms with Gasteiger partial charge < -0.3 is 0 Å². The number of rotatable bonds is 2. The van der Waals surface area contributed by atoms with E-state index >= 15 is 0 Å². The first-order chi connectivity index (χ1) is 6.84. The van der Waals surface area contributed by atoms with Gasteiger partial charge in [0.1, 0.15) is 0 Å². The largest absolute Gasteiger partial charge is 0.257 e. The van der Waals surface area contributed by atoms with Crippen LogP contribution in [0.25, 0.3) is 0 Å². The quantitative estimate of drug-likeness (QED) is 0.724. The molecule has 1 heterocycles. The first-order valence-electron chi connectivity index (χ1n) is 4.51. The van der Waals surface area contributed by atoms with Crippen LogP contribution in [-0.4, -0.2) is 4.98 Å². The van der Waals surface area contributed by atoms with Crippen LogP contribution >= 0.6 is 0 Å². The van der Waals surface area contributed by atoms with Gasteiger partial charge in [0.25, 0.3) is 0 Å². The molecular weight excluding hydrogens is 221 g/mol. The van der Waals surface area contributed by atoms with E-state index in [0.717, 1.165) is 17.7 Å². The first kappa shape index (κ1) is 12.0. The van der Waals surface area contributed by atoms with E-state index in [9.17, 15) is 0 Å². The van der Waals surface area contributed by atoms with E-state index in [1.165, 1.54) is 0 Å². The average Bonchev–Trinajstić information content (AvgIpc) is 2.19. The van der Waals surface area contributed by atoms with Gasteiger partial charge in [0.2, 0.25) is 0 Å². The number of hydrogen-bond acceptors (Lipinski definition) is 1. The summed E-state index contributed by atoms with van der Waals surface area (Å²) in [4.78, 5) is 4.23. The maximum absolute atomic E-state index is 5.59. The van der Waals surface area contributed by atoms with Crippen molar-refractivity contribution in [2.45, 2.75) is 6.42 Å². The molecule has 0 fully saturated rings. The van der Waals surface area contributed by atoms with Gasteiger partial charge in [-0.3, -0.25) is 4.98 Å². The molecule has 0 saturated carbocycles. The van der Waals surface area contributed by atoms with Crippen molar-refractivity contribution in [3.8, 4) is 0 Å². The molecule has 73 valence electrons. The van der Waals surface area contributed by atoms with Gasteiger partial charge in [0, 0.05) is 36.9 Å². The molecular formula is C13H10NV-. The summed E-state index contributed by atoms with van der Waals surface area (Å²) in [7, 11) is 0. The molecule has 0 saturated heterocycles. The standard InChI is InChI=1S/C13H10N.V/c1-11-6-5-9-13(14-11)10-12-7-3-2-4-8-12;/h1-7,9H,10H2;/q-1;. The minimum Gasteiger partial charge on any atom is -0.257 e. The van der Waals surface area contributed by atoms with E-state index < -0.39 is 0 Å². The number of benzene rings is 1. The van der Waals surface area contributed by atoms with Gasteiger partial charge in [0.15, 0.2) is 0 Å². The summed E-state index contributed by atoms with van der Waals surface area (Å²) in [5.74, 6) is 0. The van der Waals surface area contributed by atoms with Gasteiger partial charge in [0.05, 0.1) is 0 Å². The van der Waals surface area contributed by atoms with E-state index in [2.05, 4.69) is 11.1 Å². The van der Waals surface area contributed by atoms with Gasteiger partial charge >= 0.3 is 0 Å². The molecule has 0 atom stereocenters. The zero-order valence-corrected chi connectivity index (χ0v) is 9.62. The molecule has 0 aliphatic rings. The van der Waals surface area contributed by atoms with Crippen LogP contribution in [0.4, 0.5) is 0 Å². The summed E-state index contributed by atoms with van der Waals surface area (Å²) in [5.41, 5.74) is 2.68. The average molecular weight is 231 g/mol. The van der Waals surface area contributed by atoms with Crippen LogP contribution in [0.2, 0.25) is 0 Å². The topological polar surface area (TPSA) is 12.9 Å². The normalized spacial score (nSPS) is 9.40. The SMILES string of the molecule is [CH]c1cccc(Cc2[c-]cccc2)n1.[V]. The van der Waals surface area contributed by atoms with Crippen LogP contribution in [0.15, 0.2) is 42.5 Å². The number of aromatic nitrogens is 1. The molecule has 2 heteroatoms. The summed E-state index contributed by atoms with van der Waals surface area (Å²) in [6.45, 7) is 5.59. The Labute approximate surface area is 102 Å². The number of nitrogens with zero attached hydrogens (tertiary/aromatic N) is 1. The molecule has 1 aromatic carbocycles. The molecule has 0 N–H and O–H groups in total. The Kier molecular flexibility index (Phi) is 4.60. The van der Waals surface area contributed by atoms with E-state index in [0.29, 0.717) is 5.69 Å². The molecule has 15 heavy (non-hydrogen) atoms. The fourth-order valence-electron chi connectivity index (χ4n) is 1.33. The molecule has 0 spiro atoms. The summed E-state index contributed by atoms with van der Waals surface area (Å²) in [6, 6.07) is 16.7. The van der Waals surface area contributed by atoms with E-state index in [1.54, 1.807) is 6.07 Å². The van der Waals surface area contributed by atoms with E-state index in [1.807, 2.05) is 36.4 Å². The van der Waals surface area contributed by atoms with Crippen molar-refractivity contribution >= 4 is 0 Å². The van der Waals surface area contributed by atoms with Crippen LogP contribution in [-0.2, 0) is 25.0 Å². The number of hydrogen-bond donors (Lipinski definition) is 0. The molecule has 0 aliphatic carbocycles. The van der Waals surface area contributed by atoms with Gasteiger partial charge in [-0.15, -0.1) is 0 Å². The Bertz CT molecular complexity index is 412. The van der Waals surface area contributed by atoms with Crippen LogP contribution in [0.5, 0.6) is 0 Å². The minimum atomic E-state index is 0. The van der Waals surface area contributed by atoms with Crippen molar-refractivity contribution in [3.63, 3.8) is 0 Å². The Balaban J connectivity index is 0.00000112. The third-order valence-corrected chi connectivity index (χ3v) is 1.97. The monoisotopic (exact) mass is 231 g/mol. The molecule has 2 aromatic rings. The van der Waals surface area contributed by atoms with E-state index in [-0.39, 0.29) is 18.6 Å². The predicted molar refractivity (Wildman–Crippen MR) is 55.7 cm³/mol. The zero-order chi connectivity index (χ0) is 9.80. The van der Waals surface area contributed by atoms with Gasteiger partial charge in [-0.2, -0.15) is 35.9 Å². The Morgan fingerprint density at radius 2 is 2.00 bits per heavy atom. The predicted octanol–water partition coefficient (Wildman–Crippen LogP) is 2.53. The van der Waals surface area contributed by atoms with Crippen molar-refractivity contribution in [1.82, 2.24) is 4.98 Å². The van der Waals surface area contributed by atoms with Crippen molar-refractivity contribution in [1.29, 1.82) is 0 Å². The summed E-state index contributed by atoms with van der Waals surface area (Å²) in [6.07, 6.45) is 0.784. The summed E-state index contributed by atoms with van der Waals surface area (Å²) >= 11 is 0. The molecule has 2 rings (SSSR count). The first-order valence-corrected chi connectivity index (χ1v) is 4.51. The summed E-state index contributed by atoms with van der Waals surface area (Å²) in [5, 5.41) is 0. The summed E-state index contributed by atoms with van der Waals surface area (Å²) < 4.78 is 0. The Hall–Kier alpha value is -1.05. The molecule has 0 aliphatic heterocycles. The van der Waals surface area contributed by atoms with Gasteiger partial charge in [-0.25, -0.2) is 0 Å². The smallest absolute Gasteiger partial charge is 0.0451 e. The third-order valence-electron chi connectivity index (χ3n) is 1.97. The van der Waals surface area contributed by atoms with E-state index in [4.69, 9.17) is 6.92 Å². The molecule has 1 aromatic heterocycles. The second-order valence-corrected chi connectivity index (χ2v) is 3.12. The van der Waals surface area contributed by atoms with Crippen LogP contribution in [0.1, 0.15) is 17.0 Å². The Morgan fingerprint density at radius 1 is 1.13 bits per heavy atom. The molecule has 3 radical (unpaired) electrons. The van der Waals surface area contributed by atoms with Crippen molar-refractivity contribution in [3.05, 3.63) is 72.4 Å². The maximum atomic E-state index is 5.59.